The molecule has 1 amide bonds. The SMILES string of the molecule is COc1cccc2sc(N(CCCN(C)C)C(=O)c3c(F)cccc3F)nc12.Cl. The van der Waals surface area contributed by atoms with Gasteiger partial charge in [0.2, 0.25) is 0 Å². The van der Waals surface area contributed by atoms with Crippen molar-refractivity contribution >= 4 is 45.0 Å². The van der Waals surface area contributed by atoms with Crippen LogP contribution in [0.5, 0.6) is 5.75 Å². The standard InChI is InChI=1S/C20H21F2N3O2S.ClH/c1-24(2)11-6-12-25(19(26)17-13(21)7-4-8-14(17)22)20-23-18-15(27-3)9-5-10-16(18)28-20;/h4-5,7-10H,6,11-12H2,1-3H3;1H. The minimum atomic E-state index is -0.888. The smallest absolute Gasteiger partial charge is 0.266 e. The minimum Gasteiger partial charge on any atom is -0.494 e. The van der Waals surface area contributed by atoms with E-state index in [1.165, 1.54) is 22.3 Å². The van der Waals surface area contributed by atoms with Crippen molar-refractivity contribution < 1.29 is 18.3 Å². The van der Waals surface area contributed by atoms with Crippen molar-refractivity contribution in [1.82, 2.24) is 9.88 Å². The van der Waals surface area contributed by atoms with Gasteiger partial charge in [-0.3, -0.25) is 9.69 Å². The van der Waals surface area contributed by atoms with Crippen molar-refractivity contribution in [2.45, 2.75) is 6.42 Å². The van der Waals surface area contributed by atoms with Crippen molar-refractivity contribution in [1.29, 1.82) is 0 Å². The van der Waals surface area contributed by atoms with Crippen LogP contribution in [0.3, 0.4) is 0 Å². The summed E-state index contributed by atoms with van der Waals surface area (Å²) >= 11 is 1.28. The summed E-state index contributed by atoms with van der Waals surface area (Å²) in [4.78, 5) is 20.9. The summed E-state index contributed by atoms with van der Waals surface area (Å²) in [5.74, 6) is -1.94. The lowest BCUT2D eigenvalue weighted by atomic mass is 10.1. The summed E-state index contributed by atoms with van der Waals surface area (Å²) in [5.41, 5.74) is 0.0444. The maximum absolute atomic E-state index is 14.2. The van der Waals surface area contributed by atoms with Crippen molar-refractivity contribution in [3.05, 3.63) is 53.6 Å². The normalized spacial score (nSPS) is 10.8. The second-order valence-corrected chi connectivity index (χ2v) is 7.52. The van der Waals surface area contributed by atoms with Crippen molar-refractivity contribution in [2.24, 2.45) is 0 Å². The zero-order valence-electron chi connectivity index (χ0n) is 16.3. The Morgan fingerprint density at radius 3 is 2.38 bits per heavy atom. The Bertz CT molecular complexity index is 977. The number of hydrogen-bond donors (Lipinski definition) is 0. The highest BCUT2D eigenvalue weighted by atomic mass is 35.5. The van der Waals surface area contributed by atoms with E-state index in [9.17, 15) is 13.6 Å². The number of rotatable bonds is 7. The van der Waals surface area contributed by atoms with E-state index in [1.54, 1.807) is 13.2 Å². The van der Waals surface area contributed by atoms with E-state index < -0.39 is 23.1 Å². The summed E-state index contributed by atoms with van der Waals surface area (Å²) in [6, 6.07) is 8.87. The van der Waals surface area contributed by atoms with Crippen LogP contribution in [0.1, 0.15) is 16.8 Å². The van der Waals surface area contributed by atoms with Crippen LogP contribution in [0.2, 0.25) is 0 Å². The number of nitrogens with zero attached hydrogens (tertiary/aromatic N) is 3. The Morgan fingerprint density at radius 2 is 1.76 bits per heavy atom. The minimum absolute atomic E-state index is 0. The first kappa shape index (κ1) is 23.0. The number of amides is 1. The van der Waals surface area contributed by atoms with Gasteiger partial charge in [0.05, 0.1) is 11.8 Å². The van der Waals surface area contributed by atoms with Crippen LogP contribution in [0.4, 0.5) is 13.9 Å². The van der Waals surface area contributed by atoms with Crippen LogP contribution in [0, 0.1) is 11.6 Å². The number of thiazole rings is 1. The van der Waals surface area contributed by atoms with Crippen molar-refractivity contribution in [2.75, 3.05) is 39.2 Å². The molecule has 0 unspecified atom stereocenters. The highest BCUT2D eigenvalue weighted by Gasteiger charge is 2.26. The largest absolute Gasteiger partial charge is 0.494 e. The van der Waals surface area contributed by atoms with E-state index in [4.69, 9.17) is 4.74 Å². The average Bonchev–Trinajstić information content (AvgIpc) is 3.08. The molecule has 5 nitrogen and oxygen atoms in total. The lowest BCUT2D eigenvalue weighted by Gasteiger charge is -2.21. The molecule has 0 bridgehead atoms. The zero-order chi connectivity index (χ0) is 20.3. The zero-order valence-corrected chi connectivity index (χ0v) is 17.9. The lowest BCUT2D eigenvalue weighted by molar-refractivity contribution is 0.0978. The van der Waals surface area contributed by atoms with Gasteiger partial charge in [-0.15, -0.1) is 12.4 Å². The molecule has 0 atom stereocenters. The fourth-order valence-corrected chi connectivity index (χ4v) is 3.87. The molecular formula is C20H22ClF2N3O2S. The van der Waals surface area contributed by atoms with Crippen LogP contribution < -0.4 is 9.64 Å². The molecule has 0 radical (unpaired) electrons. The number of carbonyl (C=O) groups is 1. The predicted octanol–water partition coefficient (Wildman–Crippen LogP) is 4.60. The number of hydrogen-bond acceptors (Lipinski definition) is 5. The van der Waals surface area contributed by atoms with E-state index in [0.717, 1.165) is 23.4 Å². The van der Waals surface area contributed by atoms with Crippen LogP contribution in [-0.2, 0) is 0 Å². The molecule has 29 heavy (non-hydrogen) atoms. The van der Waals surface area contributed by atoms with Crippen LogP contribution in [0.15, 0.2) is 36.4 Å². The molecule has 0 aliphatic rings. The quantitative estimate of drug-likeness (QED) is 0.537. The molecule has 156 valence electrons. The molecule has 2 aromatic carbocycles. The number of halogens is 3. The van der Waals surface area contributed by atoms with E-state index in [2.05, 4.69) is 4.98 Å². The maximum Gasteiger partial charge on any atom is 0.266 e. The summed E-state index contributed by atoms with van der Waals surface area (Å²) in [6.45, 7) is 1.00. The third kappa shape index (κ3) is 5.01. The molecule has 0 fully saturated rings. The number of carbonyl (C=O) groups excluding carboxylic acids is 1. The molecule has 0 aliphatic heterocycles. The highest BCUT2D eigenvalue weighted by molar-refractivity contribution is 7.22. The van der Waals surface area contributed by atoms with Crippen molar-refractivity contribution in [3.63, 3.8) is 0 Å². The molecular weight excluding hydrogens is 420 g/mol. The first-order chi connectivity index (χ1) is 13.4. The Labute approximate surface area is 178 Å². The Balaban J connectivity index is 0.00000300. The molecule has 0 saturated heterocycles. The molecule has 1 aromatic heterocycles. The number of benzene rings is 2. The number of anilines is 1. The fraction of sp³-hybridized carbons (Fsp3) is 0.300. The van der Waals surface area contributed by atoms with E-state index in [0.29, 0.717) is 22.8 Å². The molecule has 3 aromatic rings. The second-order valence-electron chi connectivity index (χ2n) is 6.51. The van der Waals surface area contributed by atoms with Gasteiger partial charge in [-0.1, -0.05) is 23.5 Å². The van der Waals surface area contributed by atoms with Gasteiger partial charge >= 0.3 is 0 Å². The number of aromatic nitrogens is 1. The van der Waals surface area contributed by atoms with Gasteiger partial charge in [-0.2, -0.15) is 0 Å². The second kappa shape index (κ2) is 9.96. The topological polar surface area (TPSA) is 45.7 Å². The average molecular weight is 442 g/mol. The van der Waals surface area contributed by atoms with Crippen molar-refractivity contribution in [3.8, 4) is 5.75 Å². The third-order valence-electron chi connectivity index (χ3n) is 4.23. The van der Waals surface area contributed by atoms with Crippen LogP contribution in [0.25, 0.3) is 10.2 Å². The summed E-state index contributed by atoms with van der Waals surface area (Å²) in [7, 11) is 5.39. The Kier molecular flexibility index (Phi) is 7.89. The molecule has 9 heteroatoms. The molecule has 0 N–H and O–H groups in total. The maximum atomic E-state index is 14.2. The van der Waals surface area contributed by atoms with Gasteiger partial charge in [-0.25, -0.2) is 13.8 Å². The first-order valence-electron chi connectivity index (χ1n) is 8.76. The van der Waals surface area contributed by atoms with E-state index >= 15 is 0 Å². The Hall–Kier alpha value is -2.29. The van der Waals surface area contributed by atoms with Gasteiger partial charge in [0.25, 0.3) is 5.91 Å². The fourth-order valence-electron chi connectivity index (χ4n) is 2.86. The van der Waals surface area contributed by atoms with E-state index in [-0.39, 0.29) is 19.0 Å². The summed E-state index contributed by atoms with van der Waals surface area (Å²) < 4.78 is 34.6. The number of fused-ring (bicyclic) bond motifs is 1. The monoisotopic (exact) mass is 441 g/mol. The molecule has 0 saturated carbocycles. The number of ether oxygens (including phenoxy) is 1. The lowest BCUT2D eigenvalue weighted by Crippen LogP contribution is -2.34. The summed E-state index contributed by atoms with van der Waals surface area (Å²) in [6.07, 6.45) is 0.627. The summed E-state index contributed by atoms with van der Waals surface area (Å²) in [5, 5.41) is 0.380. The Morgan fingerprint density at radius 1 is 1.10 bits per heavy atom. The van der Waals surface area contributed by atoms with Gasteiger partial charge in [-0.05, 0) is 51.3 Å². The molecule has 3 rings (SSSR count). The number of methoxy groups -OCH3 is 1. The predicted molar refractivity (Wildman–Crippen MR) is 115 cm³/mol. The third-order valence-corrected chi connectivity index (χ3v) is 5.27. The molecule has 0 spiro atoms. The van der Waals surface area contributed by atoms with Crippen LogP contribution in [-0.4, -0.2) is 50.1 Å². The van der Waals surface area contributed by atoms with Gasteiger partial charge in [0.15, 0.2) is 5.13 Å². The van der Waals surface area contributed by atoms with Gasteiger partial charge in [0, 0.05) is 6.54 Å². The van der Waals surface area contributed by atoms with Gasteiger partial charge < -0.3 is 9.64 Å². The first-order valence-corrected chi connectivity index (χ1v) is 9.58. The van der Waals surface area contributed by atoms with Gasteiger partial charge in [0.1, 0.15) is 28.5 Å². The van der Waals surface area contributed by atoms with Crippen LogP contribution >= 0.6 is 23.7 Å². The highest BCUT2D eigenvalue weighted by Crippen LogP contribution is 2.35. The molecule has 0 aliphatic carbocycles. The molecule has 1 heterocycles. The number of para-hydroxylation sites is 1. The van der Waals surface area contributed by atoms with E-state index in [1.807, 2.05) is 31.1 Å².